The largest absolute Gasteiger partial charge is 0.457 e. The third-order valence-corrected chi connectivity index (χ3v) is 3.85. The number of anilines is 2. The highest BCUT2D eigenvalue weighted by Gasteiger charge is 2.06. The molecule has 2 N–H and O–H groups in total. The zero-order valence-electron chi connectivity index (χ0n) is 14.6. The van der Waals surface area contributed by atoms with Gasteiger partial charge >= 0.3 is 6.03 Å². The Hall–Kier alpha value is -4.00. The van der Waals surface area contributed by atoms with Crippen molar-refractivity contribution in [1.29, 1.82) is 0 Å². The van der Waals surface area contributed by atoms with Crippen LogP contribution in [-0.2, 0) is 0 Å². The van der Waals surface area contributed by atoms with Gasteiger partial charge in [0, 0.05) is 35.9 Å². The zero-order valence-corrected chi connectivity index (χ0v) is 14.6. The number of carbonyl (C=O) groups is 1. The highest BCUT2D eigenvalue weighted by atomic mass is 19.1. The van der Waals surface area contributed by atoms with Gasteiger partial charge in [0.05, 0.1) is 11.0 Å². The number of fused-ring (bicyclic) bond motifs is 1. The minimum atomic E-state index is -0.483. The number of amides is 2. The molecular formula is C21H15FN4O2. The van der Waals surface area contributed by atoms with E-state index in [1.165, 1.54) is 18.2 Å². The van der Waals surface area contributed by atoms with E-state index in [0.717, 1.165) is 11.0 Å². The highest BCUT2D eigenvalue weighted by Crippen LogP contribution is 2.26. The lowest BCUT2D eigenvalue weighted by molar-refractivity contribution is 0.262. The van der Waals surface area contributed by atoms with Crippen LogP contribution in [0.2, 0.25) is 0 Å². The van der Waals surface area contributed by atoms with Crippen LogP contribution < -0.4 is 15.4 Å². The summed E-state index contributed by atoms with van der Waals surface area (Å²) in [6.07, 6.45) is 3.25. The van der Waals surface area contributed by atoms with Gasteiger partial charge in [0.1, 0.15) is 17.3 Å². The Labute approximate surface area is 160 Å². The Kier molecular flexibility index (Phi) is 4.79. The zero-order chi connectivity index (χ0) is 19.3. The van der Waals surface area contributed by atoms with Gasteiger partial charge in [-0.1, -0.05) is 12.1 Å². The fraction of sp³-hybridized carbons (Fsp3) is 0. The van der Waals surface area contributed by atoms with Crippen molar-refractivity contribution in [2.75, 3.05) is 10.6 Å². The van der Waals surface area contributed by atoms with Gasteiger partial charge in [0.25, 0.3) is 0 Å². The van der Waals surface area contributed by atoms with Crippen LogP contribution in [0.1, 0.15) is 0 Å². The molecule has 7 heteroatoms. The van der Waals surface area contributed by atoms with Crippen LogP contribution in [0.4, 0.5) is 20.6 Å². The maximum absolute atomic E-state index is 13.2. The molecule has 0 bridgehead atoms. The maximum Gasteiger partial charge on any atom is 0.323 e. The molecule has 0 atom stereocenters. The SMILES string of the molecule is O=C(Nc1cccc(F)c1)Nc1cccc(Oc2ccc3nccnc3c2)c1. The van der Waals surface area contributed by atoms with Crippen molar-refractivity contribution >= 4 is 28.4 Å². The summed E-state index contributed by atoms with van der Waals surface area (Å²) in [4.78, 5) is 20.6. The van der Waals surface area contributed by atoms with Crippen molar-refractivity contribution < 1.29 is 13.9 Å². The van der Waals surface area contributed by atoms with Gasteiger partial charge in [-0.25, -0.2) is 9.18 Å². The van der Waals surface area contributed by atoms with Crippen LogP contribution in [0.15, 0.2) is 79.1 Å². The van der Waals surface area contributed by atoms with E-state index in [-0.39, 0.29) is 0 Å². The Bertz CT molecular complexity index is 1150. The standard InChI is InChI=1S/C21H15FN4O2/c22-14-3-1-4-15(11-14)25-21(27)26-16-5-2-6-17(12-16)28-18-7-8-19-20(13-18)24-10-9-23-19/h1-13H,(H2,25,26,27). The van der Waals surface area contributed by atoms with E-state index in [0.29, 0.717) is 22.9 Å². The summed E-state index contributed by atoms with van der Waals surface area (Å²) in [6.45, 7) is 0. The number of ether oxygens (including phenoxy) is 1. The van der Waals surface area contributed by atoms with Crippen molar-refractivity contribution in [1.82, 2.24) is 9.97 Å². The molecule has 0 saturated carbocycles. The normalized spacial score (nSPS) is 10.5. The second kappa shape index (κ2) is 7.71. The van der Waals surface area contributed by atoms with Gasteiger partial charge in [0.2, 0.25) is 0 Å². The fourth-order valence-corrected chi connectivity index (χ4v) is 2.64. The molecule has 138 valence electrons. The van der Waals surface area contributed by atoms with E-state index in [1.54, 1.807) is 54.9 Å². The number of benzene rings is 3. The number of carbonyl (C=O) groups excluding carboxylic acids is 1. The number of halogens is 1. The first-order valence-corrected chi connectivity index (χ1v) is 8.48. The molecule has 0 aliphatic heterocycles. The molecule has 0 saturated heterocycles. The number of nitrogens with zero attached hydrogens (tertiary/aromatic N) is 2. The molecule has 1 aromatic heterocycles. The van der Waals surface area contributed by atoms with Gasteiger partial charge in [-0.15, -0.1) is 0 Å². The van der Waals surface area contributed by atoms with Gasteiger partial charge in [0.15, 0.2) is 0 Å². The summed E-state index contributed by atoms with van der Waals surface area (Å²) in [6, 6.07) is 17.5. The van der Waals surface area contributed by atoms with Gasteiger partial charge < -0.3 is 15.4 Å². The first kappa shape index (κ1) is 17.4. The number of nitrogens with one attached hydrogen (secondary N) is 2. The van der Waals surface area contributed by atoms with Crippen LogP contribution in [0, 0.1) is 5.82 Å². The molecule has 1 heterocycles. The quantitative estimate of drug-likeness (QED) is 0.514. The van der Waals surface area contributed by atoms with Crippen molar-refractivity contribution in [3.8, 4) is 11.5 Å². The molecule has 4 aromatic rings. The second-order valence-corrected chi connectivity index (χ2v) is 5.93. The van der Waals surface area contributed by atoms with E-state index in [4.69, 9.17) is 4.74 Å². The molecular weight excluding hydrogens is 359 g/mol. The van der Waals surface area contributed by atoms with E-state index in [1.807, 2.05) is 6.07 Å². The average molecular weight is 374 g/mol. The van der Waals surface area contributed by atoms with Gasteiger partial charge in [-0.05, 0) is 42.5 Å². The van der Waals surface area contributed by atoms with Crippen molar-refractivity contribution in [3.05, 3.63) is 84.9 Å². The van der Waals surface area contributed by atoms with Crippen LogP contribution in [0.3, 0.4) is 0 Å². The molecule has 0 unspecified atom stereocenters. The molecule has 4 rings (SSSR count). The minimum absolute atomic E-state index is 0.363. The summed E-state index contributed by atoms with van der Waals surface area (Å²) in [5.41, 5.74) is 2.40. The van der Waals surface area contributed by atoms with E-state index in [2.05, 4.69) is 20.6 Å². The highest BCUT2D eigenvalue weighted by molar-refractivity contribution is 5.99. The second-order valence-electron chi connectivity index (χ2n) is 5.93. The first-order chi connectivity index (χ1) is 13.7. The predicted octanol–water partition coefficient (Wildman–Crippen LogP) is 5.21. The van der Waals surface area contributed by atoms with Crippen molar-refractivity contribution in [2.24, 2.45) is 0 Å². The van der Waals surface area contributed by atoms with Gasteiger partial charge in [-0.3, -0.25) is 9.97 Å². The summed E-state index contributed by atoms with van der Waals surface area (Å²) in [5, 5.41) is 5.27. The average Bonchev–Trinajstić information content (AvgIpc) is 2.68. The van der Waals surface area contributed by atoms with Crippen molar-refractivity contribution in [2.45, 2.75) is 0 Å². The van der Waals surface area contributed by atoms with E-state index in [9.17, 15) is 9.18 Å². The maximum atomic E-state index is 13.2. The summed E-state index contributed by atoms with van der Waals surface area (Å²) in [7, 11) is 0. The Balaban J connectivity index is 1.45. The number of hydrogen-bond acceptors (Lipinski definition) is 4. The van der Waals surface area contributed by atoms with Crippen LogP contribution in [-0.4, -0.2) is 16.0 Å². The Morgan fingerprint density at radius 2 is 1.46 bits per heavy atom. The molecule has 0 fully saturated rings. The topological polar surface area (TPSA) is 76.1 Å². The third-order valence-electron chi connectivity index (χ3n) is 3.85. The number of rotatable bonds is 4. The number of urea groups is 1. The smallest absolute Gasteiger partial charge is 0.323 e. The van der Waals surface area contributed by atoms with E-state index >= 15 is 0 Å². The summed E-state index contributed by atoms with van der Waals surface area (Å²) in [5.74, 6) is 0.731. The van der Waals surface area contributed by atoms with Crippen LogP contribution in [0.25, 0.3) is 11.0 Å². The monoisotopic (exact) mass is 374 g/mol. The van der Waals surface area contributed by atoms with Crippen LogP contribution in [0.5, 0.6) is 11.5 Å². The molecule has 2 amide bonds. The van der Waals surface area contributed by atoms with Crippen LogP contribution >= 0.6 is 0 Å². The third kappa shape index (κ3) is 4.21. The molecule has 3 aromatic carbocycles. The predicted molar refractivity (Wildman–Crippen MR) is 105 cm³/mol. The van der Waals surface area contributed by atoms with Gasteiger partial charge in [-0.2, -0.15) is 0 Å². The minimum Gasteiger partial charge on any atom is -0.457 e. The lowest BCUT2D eigenvalue weighted by Crippen LogP contribution is -2.19. The molecule has 0 aliphatic carbocycles. The number of aromatic nitrogens is 2. The molecule has 0 aliphatic rings. The first-order valence-electron chi connectivity index (χ1n) is 8.48. The molecule has 28 heavy (non-hydrogen) atoms. The number of hydrogen-bond donors (Lipinski definition) is 2. The fourth-order valence-electron chi connectivity index (χ4n) is 2.64. The lowest BCUT2D eigenvalue weighted by Gasteiger charge is -2.10. The molecule has 0 radical (unpaired) electrons. The Morgan fingerprint density at radius 1 is 0.786 bits per heavy atom. The molecule has 6 nitrogen and oxygen atoms in total. The Morgan fingerprint density at radius 3 is 2.25 bits per heavy atom. The summed E-state index contributed by atoms with van der Waals surface area (Å²) < 4.78 is 19.1. The van der Waals surface area contributed by atoms with Crippen molar-refractivity contribution in [3.63, 3.8) is 0 Å². The van der Waals surface area contributed by atoms with E-state index < -0.39 is 11.8 Å². The lowest BCUT2D eigenvalue weighted by atomic mass is 10.2. The summed E-state index contributed by atoms with van der Waals surface area (Å²) >= 11 is 0. The molecule has 0 spiro atoms.